The van der Waals surface area contributed by atoms with Gasteiger partial charge in [-0.25, -0.2) is 0 Å². The summed E-state index contributed by atoms with van der Waals surface area (Å²) in [5.74, 6) is 0. The molecule has 1 fully saturated rings. The number of rotatable bonds is 8. The quantitative estimate of drug-likeness (QED) is 0.722. The van der Waals surface area contributed by atoms with Crippen molar-refractivity contribution in [2.75, 3.05) is 27.2 Å². The molecule has 0 bridgehead atoms. The van der Waals surface area contributed by atoms with Gasteiger partial charge in [0, 0.05) is 11.6 Å². The van der Waals surface area contributed by atoms with Crippen molar-refractivity contribution in [3.8, 4) is 0 Å². The van der Waals surface area contributed by atoms with E-state index < -0.39 is 0 Å². The SMILES string of the molecule is CC(C)NCCC1(OCC(C)(C)N(C)C)CCC1. The van der Waals surface area contributed by atoms with Crippen LogP contribution >= 0.6 is 0 Å². The number of hydrogen-bond acceptors (Lipinski definition) is 3. The lowest BCUT2D eigenvalue weighted by atomic mass is 9.77. The lowest BCUT2D eigenvalue weighted by molar-refractivity contribution is -0.130. The van der Waals surface area contributed by atoms with Gasteiger partial charge in [-0.3, -0.25) is 0 Å². The minimum absolute atomic E-state index is 0.119. The highest BCUT2D eigenvalue weighted by molar-refractivity contribution is 4.92. The number of nitrogens with zero attached hydrogens (tertiary/aromatic N) is 1. The van der Waals surface area contributed by atoms with Crippen LogP contribution in [0.2, 0.25) is 0 Å². The molecule has 1 rings (SSSR count). The molecule has 0 amide bonds. The van der Waals surface area contributed by atoms with E-state index in [0.29, 0.717) is 6.04 Å². The van der Waals surface area contributed by atoms with Crippen LogP contribution in [0.3, 0.4) is 0 Å². The highest BCUT2D eigenvalue weighted by Crippen LogP contribution is 2.39. The molecule has 0 atom stereocenters. The maximum Gasteiger partial charge on any atom is 0.0695 e. The maximum atomic E-state index is 6.29. The predicted octanol–water partition coefficient (Wildman–Crippen LogP) is 2.65. The standard InChI is InChI=1S/C15H32N2O/c1-13(2)16-11-10-15(8-7-9-15)18-12-14(3,4)17(5)6/h13,16H,7-12H2,1-6H3. The van der Waals surface area contributed by atoms with Crippen molar-refractivity contribution in [2.45, 2.75) is 70.6 Å². The van der Waals surface area contributed by atoms with Crippen LogP contribution in [0.25, 0.3) is 0 Å². The van der Waals surface area contributed by atoms with Crippen LogP contribution in [0.1, 0.15) is 53.4 Å². The molecule has 0 saturated heterocycles. The van der Waals surface area contributed by atoms with Crippen LogP contribution < -0.4 is 5.32 Å². The molecule has 0 aromatic carbocycles. The lowest BCUT2D eigenvalue weighted by Gasteiger charge is -2.45. The Balaban J connectivity index is 2.36. The summed E-state index contributed by atoms with van der Waals surface area (Å²) in [6.45, 7) is 10.8. The van der Waals surface area contributed by atoms with E-state index in [-0.39, 0.29) is 11.1 Å². The monoisotopic (exact) mass is 256 g/mol. The van der Waals surface area contributed by atoms with E-state index in [1.807, 2.05) is 0 Å². The van der Waals surface area contributed by atoms with Crippen LogP contribution in [0.15, 0.2) is 0 Å². The zero-order valence-electron chi connectivity index (χ0n) is 13.2. The van der Waals surface area contributed by atoms with E-state index in [1.54, 1.807) is 0 Å². The van der Waals surface area contributed by atoms with Crippen molar-refractivity contribution in [1.82, 2.24) is 10.2 Å². The molecule has 0 aliphatic heterocycles. The van der Waals surface area contributed by atoms with Gasteiger partial charge in [-0.05, 0) is 60.2 Å². The van der Waals surface area contributed by atoms with Crippen molar-refractivity contribution in [2.24, 2.45) is 0 Å². The fourth-order valence-electron chi connectivity index (χ4n) is 2.09. The van der Waals surface area contributed by atoms with E-state index in [4.69, 9.17) is 4.74 Å². The second kappa shape index (κ2) is 6.36. The lowest BCUT2D eigenvalue weighted by Crippen LogP contribution is -2.49. The van der Waals surface area contributed by atoms with Gasteiger partial charge in [0.15, 0.2) is 0 Å². The Morgan fingerprint density at radius 3 is 2.28 bits per heavy atom. The third-order valence-electron chi connectivity index (χ3n) is 4.34. The smallest absolute Gasteiger partial charge is 0.0695 e. The summed E-state index contributed by atoms with van der Waals surface area (Å²) in [7, 11) is 4.24. The Morgan fingerprint density at radius 1 is 1.28 bits per heavy atom. The van der Waals surface area contributed by atoms with Gasteiger partial charge >= 0.3 is 0 Å². The molecule has 3 heteroatoms. The summed E-state index contributed by atoms with van der Waals surface area (Å²) >= 11 is 0. The Labute approximate surface area is 113 Å². The number of ether oxygens (including phenoxy) is 1. The summed E-state index contributed by atoms with van der Waals surface area (Å²) in [5.41, 5.74) is 0.281. The normalized spacial score (nSPS) is 19.3. The minimum atomic E-state index is 0.119. The molecule has 108 valence electrons. The molecule has 0 aromatic heterocycles. The third-order valence-corrected chi connectivity index (χ3v) is 4.34. The highest BCUT2D eigenvalue weighted by Gasteiger charge is 2.39. The van der Waals surface area contributed by atoms with Gasteiger partial charge in [-0.15, -0.1) is 0 Å². The van der Waals surface area contributed by atoms with Gasteiger partial charge in [0.05, 0.1) is 12.2 Å². The van der Waals surface area contributed by atoms with Crippen molar-refractivity contribution >= 4 is 0 Å². The molecule has 0 spiro atoms. The molecule has 3 nitrogen and oxygen atoms in total. The fourth-order valence-corrected chi connectivity index (χ4v) is 2.09. The predicted molar refractivity (Wildman–Crippen MR) is 78.1 cm³/mol. The van der Waals surface area contributed by atoms with E-state index in [1.165, 1.54) is 19.3 Å². The maximum absolute atomic E-state index is 6.29. The molecule has 1 saturated carbocycles. The zero-order chi connectivity index (χ0) is 13.8. The average molecular weight is 256 g/mol. The fraction of sp³-hybridized carbons (Fsp3) is 1.00. The van der Waals surface area contributed by atoms with Crippen LogP contribution in [0.4, 0.5) is 0 Å². The summed E-state index contributed by atoms with van der Waals surface area (Å²) in [6.07, 6.45) is 4.94. The largest absolute Gasteiger partial charge is 0.373 e. The van der Waals surface area contributed by atoms with Gasteiger partial charge < -0.3 is 15.0 Å². The van der Waals surface area contributed by atoms with Crippen LogP contribution in [0.5, 0.6) is 0 Å². The van der Waals surface area contributed by atoms with E-state index in [9.17, 15) is 0 Å². The summed E-state index contributed by atoms with van der Waals surface area (Å²) < 4.78 is 6.29. The second-order valence-electron chi connectivity index (χ2n) is 6.89. The molecule has 0 radical (unpaired) electrons. The first-order chi connectivity index (χ1) is 8.27. The van der Waals surface area contributed by atoms with E-state index in [0.717, 1.165) is 19.6 Å². The third kappa shape index (κ3) is 4.52. The topological polar surface area (TPSA) is 24.5 Å². The van der Waals surface area contributed by atoms with Gasteiger partial charge in [0.2, 0.25) is 0 Å². The number of hydrogen-bond donors (Lipinski definition) is 1. The second-order valence-corrected chi connectivity index (χ2v) is 6.89. The molecule has 0 heterocycles. The summed E-state index contributed by atoms with van der Waals surface area (Å²) in [4.78, 5) is 2.24. The molecule has 0 aromatic rings. The van der Waals surface area contributed by atoms with Crippen LogP contribution in [-0.2, 0) is 4.74 Å². The molecule has 0 unspecified atom stereocenters. The van der Waals surface area contributed by atoms with Gasteiger partial charge in [0.25, 0.3) is 0 Å². The van der Waals surface area contributed by atoms with Crippen LogP contribution in [-0.4, -0.2) is 49.3 Å². The Hall–Kier alpha value is -0.120. The minimum Gasteiger partial charge on any atom is -0.373 e. The van der Waals surface area contributed by atoms with E-state index >= 15 is 0 Å². The first-order valence-corrected chi connectivity index (χ1v) is 7.32. The number of nitrogens with one attached hydrogen (secondary N) is 1. The Morgan fingerprint density at radius 2 is 1.89 bits per heavy atom. The van der Waals surface area contributed by atoms with Crippen molar-refractivity contribution < 1.29 is 4.74 Å². The van der Waals surface area contributed by atoms with Gasteiger partial charge in [-0.1, -0.05) is 13.8 Å². The molecular formula is C15H32N2O. The molecule has 18 heavy (non-hydrogen) atoms. The average Bonchev–Trinajstić information content (AvgIpc) is 2.20. The van der Waals surface area contributed by atoms with Crippen LogP contribution in [0, 0.1) is 0 Å². The summed E-state index contributed by atoms with van der Waals surface area (Å²) in [5, 5.41) is 3.50. The molecule has 1 aliphatic carbocycles. The highest BCUT2D eigenvalue weighted by atomic mass is 16.5. The first-order valence-electron chi connectivity index (χ1n) is 7.32. The van der Waals surface area contributed by atoms with Crippen molar-refractivity contribution in [3.05, 3.63) is 0 Å². The Kier molecular flexibility index (Phi) is 5.63. The molecule has 1 aliphatic rings. The summed E-state index contributed by atoms with van der Waals surface area (Å²) in [6, 6.07) is 0.570. The molecule has 1 N–H and O–H groups in total. The van der Waals surface area contributed by atoms with Crippen molar-refractivity contribution in [1.29, 1.82) is 0 Å². The van der Waals surface area contributed by atoms with Gasteiger partial charge in [-0.2, -0.15) is 0 Å². The van der Waals surface area contributed by atoms with Gasteiger partial charge in [0.1, 0.15) is 0 Å². The molecular weight excluding hydrogens is 224 g/mol. The van der Waals surface area contributed by atoms with Crippen molar-refractivity contribution in [3.63, 3.8) is 0 Å². The Bertz CT molecular complexity index is 245. The number of likely N-dealkylation sites (N-methyl/N-ethyl adjacent to an activating group) is 1. The first kappa shape index (κ1) is 15.9. The van der Waals surface area contributed by atoms with E-state index in [2.05, 4.69) is 52.0 Å². The zero-order valence-corrected chi connectivity index (χ0v) is 13.2.